The highest BCUT2D eigenvalue weighted by molar-refractivity contribution is 5.69. The minimum atomic E-state index is -0.990. The van der Waals surface area contributed by atoms with Crippen molar-refractivity contribution in [3.63, 3.8) is 0 Å². The lowest BCUT2D eigenvalue weighted by Gasteiger charge is -2.16. The minimum Gasteiger partial charge on any atom is -0.508 e. The summed E-state index contributed by atoms with van der Waals surface area (Å²) in [4.78, 5) is 11.3. The lowest BCUT2D eigenvalue weighted by atomic mass is 10.1. The fourth-order valence-electron chi connectivity index (χ4n) is 3.09. The second-order valence-electron chi connectivity index (χ2n) is 7.03. The second-order valence-corrected chi connectivity index (χ2v) is 7.03. The van der Waals surface area contributed by atoms with Crippen LogP contribution in [0.4, 0.5) is 0 Å². The van der Waals surface area contributed by atoms with E-state index in [2.05, 4.69) is 0 Å². The first-order chi connectivity index (χ1) is 15.5. The number of phenolic OH excluding ortho intramolecular Hbond substituents is 1. The summed E-state index contributed by atoms with van der Waals surface area (Å²) < 4.78 is 16.7. The quantitative estimate of drug-likeness (QED) is 0.362. The first-order valence-electron chi connectivity index (χ1n) is 10.3. The van der Waals surface area contributed by atoms with Crippen molar-refractivity contribution in [2.75, 3.05) is 6.61 Å². The Morgan fingerprint density at radius 2 is 1.78 bits per heavy atom. The minimum absolute atomic E-state index is 0.101. The Labute approximate surface area is 187 Å². The molecule has 0 radical (unpaired) electrons. The molecule has 6 heteroatoms. The summed E-state index contributed by atoms with van der Waals surface area (Å²) in [5.41, 5.74) is 2.20. The molecule has 0 spiro atoms. The summed E-state index contributed by atoms with van der Waals surface area (Å²) in [7, 11) is 0. The maximum atomic E-state index is 11.3. The van der Waals surface area contributed by atoms with Crippen molar-refractivity contribution in [3.8, 4) is 23.0 Å². The maximum Gasteiger partial charge on any atom is 0.308 e. The van der Waals surface area contributed by atoms with Crippen LogP contribution in [0.5, 0.6) is 23.0 Å². The third-order valence-corrected chi connectivity index (χ3v) is 4.56. The number of aliphatic hydroxyl groups excluding tert-OH is 1. The van der Waals surface area contributed by atoms with Crippen molar-refractivity contribution in [2.24, 2.45) is 0 Å². The SMILES string of the molecule is CCOc1cc(O)ccc1C=CC(O)c1ccc(OC(C)=O)cc1OCc1ccccc1. The molecule has 1 atom stereocenters. The number of rotatable bonds is 9. The first kappa shape index (κ1) is 22.9. The van der Waals surface area contributed by atoms with Crippen LogP contribution < -0.4 is 14.2 Å². The first-order valence-corrected chi connectivity index (χ1v) is 10.3. The molecule has 0 aliphatic heterocycles. The van der Waals surface area contributed by atoms with Gasteiger partial charge in [-0.15, -0.1) is 0 Å². The third kappa shape index (κ3) is 6.36. The van der Waals surface area contributed by atoms with Crippen molar-refractivity contribution in [1.82, 2.24) is 0 Å². The van der Waals surface area contributed by atoms with Crippen LogP contribution in [0.25, 0.3) is 6.08 Å². The summed E-state index contributed by atoms with van der Waals surface area (Å²) >= 11 is 0. The maximum absolute atomic E-state index is 11.3. The van der Waals surface area contributed by atoms with Gasteiger partial charge in [-0.25, -0.2) is 0 Å². The Morgan fingerprint density at radius 1 is 1.00 bits per heavy atom. The zero-order valence-electron chi connectivity index (χ0n) is 18.0. The molecule has 0 amide bonds. The van der Waals surface area contributed by atoms with E-state index < -0.39 is 12.1 Å². The van der Waals surface area contributed by atoms with Crippen LogP contribution in [0.2, 0.25) is 0 Å². The Morgan fingerprint density at radius 3 is 2.50 bits per heavy atom. The van der Waals surface area contributed by atoms with Crippen LogP contribution in [0.3, 0.4) is 0 Å². The summed E-state index contributed by atoms with van der Waals surface area (Å²) in [6.07, 6.45) is 2.33. The summed E-state index contributed by atoms with van der Waals surface area (Å²) in [5.74, 6) is 0.909. The fraction of sp³-hybridized carbons (Fsp3) is 0.192. The Kier molecular flexibility index (Phi) is 7.89. The second kappa shape index (κ2) is 11.0. The molecule has 0 aliphatic rings. The van der Waals surface area contributed by atoms with Gasteiger partial charge in [0.05, 0.1) is 6.61 Å². The number of aromatic hydroxyl groups is 1. The van der Waals surface area contributed by atoms with E-state index in [0.29, 0.717) is 41.6 Å². The van der Waals surface area contributed by atoms with E-state index in [4.69, 9.17) is 14.2 Å². The molecule has 0 aromatic heterocycles. The van der Waals surface area contributed by atoms with Crippen molar-refractivity contribution >= 4 is 12.0 Å². The average molecular weight is 434 g/mol. The van der Waals surface area contributed by atoms with Crippen molar-refractivity contribution < 1.29 is 29.2 Å². The van der Waals surface area contributed by atoms with Crippen molar-refractivity contribution in [2.45, 2.75) is 26.6 Å². The van der Waals surface area contributed by atoms with Crippen LogP contribution in [-0.4, -0.2) is 22.8 Å². The Balaban J connectivity index is 1.86. The van der Waals surface area contributed by atoms with E-state index in [1.807, 2.05) is 37.3 Å². The molecule has 3 rings (SSSR count). The number of carbonyl (C=O) groups is 1. The highest BCUT2D eigenvalue weighted by atomic mass is 16.5. The molecule has 166 valence electrons. The number of ether oxygens (including phenoxy) is 3. The lowest BCUT2D eigenvalue weighted by Crippen LogP contribution is -2.05. The zero-order chi connectivity index (χ0) is 22.9. The molecule has 0 heterocycles. The van der Waals surface area contributed by atoms with Gasteiger partial charge in [-0.2, -0.15) is 0 Å². The highest BCUT2D eigenvalue weighted by Gasteiger charge is 2.14. The van der Waals surface area contributed by atoms with Gasteiger partial charge >= 0.3 is 5.97 Å². The molecular formula is C26H26O6. The molecule has 1 unspecified atom stereocenters. The standard InChI is InChI=1S/C26H26O6/c1-3-30-25-15-21(28)11-9-20(25)10-14-24(29)23-13-12-22(32-18(2)27)16-26(23)31-17-19-7-5-4-6-8-19/h4-16,24,28-29H,3,17H2,1-2H3. The van der Waals surface area contributed by atoms with Gasteiger partial charge in [-0.1, -0.05) is 42.5 Å². The molecule has 2 N–H and O–H groups in total. The summed E-state index contributed by atoms with van der Waals surface area (Å²) in [6.45, 7) is 3.92. The number of benzene rings is 3. The largest absolute Gasteiger partial charge is 0.508 e. The van der Waals surface area contributed by atoms with Gasteiger partial charge in [-0.05, 0) is 36.8 Å². The Hall–Kier alpha value is -3.77. The van der Waals surface area contributed by atoms with Crippen molar-refractivity contribution in [1.29, 1.82) is 0 Å². The third-order valence-electron chi connectivity index (χ3n) is 4.56. The van der Waals surface area contributed by atoms with E-state index in [1.54, 1.807) is 42.5 Å². The highest BCUT2D eigenvalue weighted by Crippen LogP contribution is 2.33. The summed E-state index contributed by atoms with van der Waals surface area (Å²) in [5, 5.41) is 20.5. The molecule has 0 fully saturated rings. The van der Waals surface area contributed by atoms with Gasteiger partial charge in [0.25, 0.3) is 0 Å². The van der Waals surface area contributed by atoms with E-state index in [1.165, 1.54) is 13.0 Å². The van der Waals surface area contributed by atoms with Gasteiger partial charge < -0.3 is 24.4 Å². The lowest BCUT2D eigenvalue weighted by molar-refractivity contribution is -0.131. The molecule has 32 heavy (non-hydrogen) atoms. The molecule has 0 bridgehead atoms. The average Bonchev–Trinajstić information content (AvgIpc) is 2.77. The molecular weight excluding hydrogens is 408 g/mol. The van der Waals surface area contributed by atoms with Gasteiger partial charge in [-0.3, -0.25) is 4.79 Å². The van der Waals surface area contributed by atoms with Crippen LogP contribution in [-0.2, 0) is 11.4 Å². The molecule has 0 saturated carbocycles. The van der Waals surface area contributed by atoms with Gasteiger partial charge in [0, 0.05) is 30.2 Å². The fourth-order valence-corrected chi connectivity index (χ4v) is 3.09. The normalized spacial score (nSPS) is 11.8. The van der Waals surface area contributed by atoms with Gasteiger partial charge in [0.1, 0.15) is 35.7 Å². The topological polar surface area (TPSA) is 85.2 Å². The number of phenols is 1. The van der Waals surface area contributed by atoms with E-state index >= 15 is 0 Å². The van der Waals surface area contributed by atoms with Crippen LogP contribution in [0.1, 0.15) is 36.6 Å². The number of esters is 1. The molecule has 3 aromatic rings. The number of carbonyl (C=O) groups excluding carboxylic acids is 1. The smallest absolute Gasteiger partial charge is 0.308 e. The predicted molar refractivity (Wildman–Crippen MR) is 122 cm³/mol. The molecule has 6 nitrogen and oxygen atoms in total. The molecule has 0 aliphatic carbocycles. The van der Waals surface area contributed by atoms with Crippen molar-refractivity contribution in [3.05, 3.63) is 89.5 Å². The van der Waals surface area contributed by atoms with E-state index in [-0.39, 0.29) is 5.75 Å². The monoisotopic (exact) mass is 434 g/mol. The summed E-state index contributed by atoms with van der Waals surface area (Å²) in [6, 6.07) is 19.3. The molecule has 3 aromatic carbocycles. The van der Waals surface area contributed by atoms with E-state index in [0.717, 1.165) is 5.56 Å². The van der Waals surface area contributed by atoms with Gasteiger partial charge in [0.2, 0.25) is 0 Å². The predicted octanol–water partition coefficient (Wildman–Crippen LogP) is 5.04. The van der Waals surface area contributed by atoms with Crippen LogP contribution in [0, 0.1) is 0 Å². The zero-order valence-corrected chi connectivity index (χ0v) is 18.0. The Bertz CT molecular complexity index is 1070. The van der Waals surface area contributed by atoms with Gasteiger partial charge in [0.15, 0.2) is 0 Å². The van der Waals surface area contributed by atoms with E-state index in [9.17, 15) is 15.0 Å². The molecule has 0 saturated heterocycles. The number of hydrogen-bond donors (Lipinski definition) is 2. The van der Waals surface area contributed by atoms with Crippen LogP contribution in [0.15, 0.2) is 72.8 Å². The number of aliphatic hydroxyl groups is 1. The number of hydrogen-bond acceptors (Lipinski definition) is 6. The van der Waals surface area contributed by atoms with Crippen LogP contribution >= 0.6 is 0 Å².